The van der Waals surface area contributed by atoms with Gasteiger partial charge in [0.1, 0.15) is 0 Å². The number of hydrogen-bond donors (Lipinski definition) is 0. The van der Waals surface area contributed by atoms with Crippen molar-refractivity contribution in [2.45, 2.75) is 12.8 Å². The maximum absolute atomic E-state index is 10.3. The fourth-order valence-corrected chi connectivity index (χ4v) is 0.903. The summed E-state index contributed by atoms with van der Waals surface area (Å²) >= 11 is 0. The number of carbonyl (C=O) groups is 1. The molecule has 2 nitrogen and oxygen atoms in total. The molecule has 1 N–H and O–H groups in total. The van der Waals surface area contributed by atoms with Crippen molar-refractivity contribution in [3.05, 3.63) is 41.6 Å². The van der Waals surface area contributed by atoms with Crippen LogP contribution in [0, 0.1) is 0 Å². The third-order valence-corrected chi connectivity index (χ3v) is 1.48. The van der Waals surface area contributed by atoms with Crippen molar-refractivity contribution in [3.8, 4) is 0 Å². The van der Waals surface area contributed by atoms with E-state index < -0.39 is 5.91 Å². The number of carbonyl (C=O) groups excluding carboxylic acids is 1. The first kappa shape index (κ1) is 11.8. The molecule has 1 radical (unpaired) electrons. The predicted molar refractivity (Wildman–Crippen MR) is 44.1 cm³/mol. The first-order valence-electron chi connectivity index (χ1n) is 3.57. The molecule has 0 aliphatic carbocycles. The SMILES string of the molecule is [NH-]C(=O)CCc1ccccc1.[Y]. The van der Waals surface area contributed by atoms with Gasteiger partial charge in [-0.25, -0.2) is 0 Å². The molecule has 0 unspecified atom stereocenters. The number of hydrogen-bond acceptors (Lipinski definition) is 1. The van der Waals surface area contributed by atoms with Crippen LogP contribution in [0.15, 0.2) is 30.3 Å². The van der Waals surface area contributed by atoms with Crippen LogP contribution in [0.2, 0.25) is 0 Å². The second-order valence-electron chi connectivity index (χ2n) is 2.41. The molecule has 61 valence electrons. The summed E-state index contributed by atoms with van der Waals surface area (Å²) in [5.74, 6) is -0.492. The van der Waals surface area contributed by atoms with Crippen LogP contribution in [-0.2, 0) is 43.9 Å². The summed E-state index contributed by atoms with van der Waals surface area (Å²) in [7, 11) is 0. The van der Waals surface area contributed by atoms with Crippen molar-refractivity contribution < 1.29 is 37.5 Å². The largest absolute Gasteiger partial charge is 0.668 e. The fraction of sp³-hybridized carbons (Fsp3) is 0.222. The molecule has 3 heteroatoms. The zero-order valence-electron chi connectivity index (χ0n) is 6.79. The molecule has 1 rings (SSSR count). The standard InChI is InChI=1S/C9H11NO.Y/c10-9(11)7-6-8-4-2-1-3-5-8;/h1-5H,6-7H2,(H2,10,11);/p-1. The van der Waals surface area contributed by atoms with Crippen LogP contribution in [0.25, 0.3) is 5.73 Å². The maximum Gasteiger partial charge on any atom is 0.0491 e. The predicted octanol–water partition coefficient (Wildman–Crippen LogP) is 2.20. The Kier molecular flexibility index (Phi) is 6.22. The van der Waals surface area contributed by atoms with Gasteiger partial charge in [-0.15, -0.1) is 0 Å². The van der Waals surface area contributed by atoms with Gasteiger partial charge in [0.2, 0.25) is 0 Å². The summed E-state index contributed by atoms with van der Waals surface area (Å²) in [4.78, 5) is 10.3. The molecule has 0 spiro atoms. The zero-order chi connectivity index (χ0) is 8.10. The van der Waals surface area contributed by atoms with E-state index in [9.17, 15) is 4.79 Å². The molecule has 1 aromatic rings. The van der Waals surface area contributed by atoms with Gasteiger partial charge in [0.05, 0.1) is 0 Å². The van der Waals surface area contributed by atoms with E-state index in [4.69, 9.17) is 5.73 Å². The molecule has 0 atom stereocenters. The van der Waals surface area contributed by atoms with E-state index in [0.29, 0.717) is 12.8 Å². The average Bonchev–Trinajstić information content (AvgIpc) is 2.03. The molecule has 0 aliphatic heterocycles. The summed E-state index contributed by atoms with van der Waals surface area (Å²) in [5, 5.41) is 0. The van der Waals surface area contributed by atoms with Crippen LogP contribution in [0.3, 0.4) is 0 Å². The monoisotopic (exact) mass is 237 g/mol. The van der Waals surface area contributed by atoms with E-state index in [-0.39, 0.29) is 32.7 Å². The summed E-state index contributed by atoms with van der Waals surface area (Å²) in [6.07, 6.45) is 1.01. The average molecular weight is 237 g/mol. The molecule has 0 heterocycles. The van der Waals surface area contributed by atoms with Crippen LogP contribution in [-0.4, -0.2) is 5.91 Å². The molecule has 0 bridgehead atoms. The molecule has 0 fully saturated rings. The van der Waals surface area contributed by atoms with Crippen molar-refractivity contribution >= 4 is 5.91 Å². The maximum atomic E-state index is 10.3. The number of benzene rings is 1. The van der Waals surface area contributed by atoms with Crippen LogP contribution in [0.5, 0.6) is 0 Å². The van der Waals surface area contributed by atoms with Gasteiger partial charge in [-0.2, -0.15) is 0 Å². The van der Waals surface area contributed by atoms with E-state index in [1.54, 1.807) is 0 Å². The Morgan fingerprint density at radius 1 is 1.25 bits per heavy atom. The minimum atomic E-state index is -0.492. The van der Waals surface area contributed by atoms with Gasteiger partial charge in [0.25, 0.3) is 0 Å². The van der Waals surface area contributed by atoms with Gasteiger partial charge in [-0.1, -0.05) is 30.3 Å². The molecule has 0 aliphatic rings. The topological polar surface area (TPSA) is 40.9 Å². The van der Waals surface area contributed by atoms with E-state index in [0.717, 1.165) is 5.56 Å². The summed E-state index contributed by atoms with van der Waals surface area (Å²) in [5.41, 5.74) is 7.81. The van der Waals surface area contributed by atoms with Gasteiger partial charge >= 0.3 is 0 Å². The van der Waals surface area contributed by atoms with Gasteiger partial charge < -0.3 is 10.5 Å². The van der Waals surface area contributed by atoms with Crippen LogP contribution in [0.4, 0.5) is 0 Å². The minimum absolute atomic E-state index is 0. The third-order valence-electron chi connectivity index (χ3n) is 1.48. The molecule has 12 heavy (non-hydrogen) atoms. The smallest absolute Gasteiger partial charge is 0.0491 e. The van der Waals surface area contributed by atoms with Crippen molar-refractivity contribution in [1.29, 1.82) is 0 Å². The Morgan fingerprint density at radius 2 is 1.83 bits per heavy atom. The molecule has 1 aromatic carbocycles. The Morgan fingerprint density at radius 3 is 2.33 bits per heavy atom. The summed E-state index contributed by atoms with van der Waals surface area (Å²) in [6, 6.07) is 9.73. The second-order valence-corrected chi connectivity index (χ2v) is 2.41. The minimum Gasteiger partial charge on any atom is -0.668 e. The first-order valence-corrected chi connectivity index (χ1v) is 3.57. The Hall–Kier alpha value is -0.206. The van der Waals surface area contributed by atoms with E-state index in [1.807, 2.05) is 30.3 Å². The summed E-state index contributed by atoms with van der Waals surface area (Å²) < 4.78 is 0. The molecule has 1 amide bonds. The first-order chi connectivity index (χ1) is 5.29. The molecule has 0 saturated heterocycles. The van der Waals surface area contributed by atoms with Crippen molar-refractivity contribution in [3.63, 3.8) is 0 Å². The van der Waals surface area contributed by atoms with Crippen LogP contribution < -0.4 is 0 Å². The number of aryl methyl sites for hydroxylation is 1. The molecular weight excluding hydrogens is 227 g/mol. The third kappa shape index (κ3) is 4.63. The van der Waals surface area contributed by atoms with Gasteiger partial charge in [0, 0.05) is 38.6 Å². The molecular formula is C9H10NOY-. The fourth-order valence-electron chi connectivity index (χ4n) is 0.903. The Labute approximate surface area is 97.4 Å². The van der Waals surface area contributed by atoms with Gasteiger partial charge in [-0.05, 0) is 18.4 Å². The van der Waals surface area contributed by atoms with E-state index in [1.165, 1.54) is 0 Å². The normalized spacial score (nSPS) is 8.67. The van der Waals surface area contributed by atoms with Crippen molar-refractivity contribution in [2.75, 3.05) is 0 Å². The van der Waals surface area contributed by atoms with Crippen molar-refractivity contribution in [1.82, 2.24) is 0 Å². The number of nitrogens with one attached hydrogen (secondary N) is 1. The van der Waals surface area contributed by atoms with Gasteiger partial charge in [-0.3, -0.25) is 0 Å². The van der Waals surface area contributed by atoms with Gasteiger partial charge in [0.15, 0.2) is 0 Å². The van der Waals surface area contributed by atoms with Crippen LogP contribution >= 0.6 is 0 Å². The molecule has 0 saturated carbocycles. The van der Waals surface area contributed by atoms with E-state index in [2.05, 4.69) is 0 Å². The van der Waals surface area contributed by atoms with Crippen LogP contribution in [0.1, 0.15) is 12.0 Å². The quantitative estimate of drug-likeness (QED) is 0.794. The number of amides is 1. The number of rotatable bonds is 3. The van der Waals surface area contributed by atoms with Crippen molar-refractivity contribution in [2.24, 2.45) is 0 Å². The summed E-state index contributed by atoms with van der Waals surface area (Å²) in [6.45, 7) is 0. The molecule has 0 aromatic heterocycles. The Balaban J connectivity index is 0.00000121. The zero-order valence-corrected chi connectivity index (χ0v) is 9.62. The second kappa shape index (κ2) is 6.33. The Bertz CT molecular complexity index is 236. The van der Waals surface area contributed by atoms with E-state index >= 15 is 0 Å².